The summed E-state index contributed by atoms with van der Waals surface area (Å²) in [5, 5.41) is 6.61. The Morgan fingerprint density at radius 3 is 1.47 bits per heavy atom. The van der Waals surface area contributed by atoms with Crippen molar-refractivity contribution in [2.45, 2.75) is 0 Å². The number of rotatable bonds is 9. The molecule has 0 atom stereocenters. The van der Waals surface area contributed by atoms with Crippen molar-refractivity contribution in [1.29, 1.82) is 0 Å². The number of methoxy groups -OCH3 is 2. The molecule has 32 heavy (non-hydrogen) atoms. The maximum absolute atomic E-state index is 6.16. The third-order valence-electron chi connectivity index (χ3n) is 5.22. The van der Waals surface area contributed by atoms with E-state index in [1.165, 1.54) is 0 Å². The molecule has 0 aliphatic carbocycles. The van der Waals surface area contributed by atoms with Crippen LogP contribution in [0.25, 0.3) is 21.5 Å². The zero-order valence-electron chi connectivity index (χ0n) is 18.9. The van der Waals surface area contributed by atoms with E-state index in [0.717, 1.165) is 43.7 Å². The van der Waals surface area contributed by atoms with Crippen molar-refractivity contribution in [3.05, 3.63) is 72.8 Å². The molecule has 4 rings (SSSR count). The van der Waals surface area contributed by atoms with Gasteiger partial charge in [-0.3, -0.25) is 4.67 Å². The van der Waals surface area contributed by atoms with Crippen LogP contribution >= 0.6 is 8.07 Å². The zero-order valence-corrected chi connectivity index (χ0v) is 19.8. The van der Waals surface area contributed by atoms with Crippen LogP contribution in [0, 0.1) is 0 Å². The van der Waals surface area contributed by atoms with Crippen molar-refractivity contribution in [3.8, 4) is 11.5 Å². The standard InChI is InChI=1S/C26H28NO4P/c1-27(2)32(23-15-13-19-9-5-7-11-21(19)25(23)30-17-28-3)24-16-14-20-10-6-8-12-22(20)26(24)31-18-29-4/h5-16H,17-18H2,1-4H3. The van der Waals surface area contributed by atoms with E-state index in [-0.39, 0.29) is 13.6 Å². The predicted molar refractivity (Wildman–Crippen MR) is 133 cm³/mol. The van der Waals surface area contributed by atoms with Gasteiger partial charge < -0.3 is 18.9 Å². The lowest BCUT2D eigenvalue weighted by Gasteiger charge is -2.29. The second-order valence-electron chi connectivity index (χ2n) is 7.53. The molecule has 0 bridgehead atoms. The van der Waals surface area contributed by atoms with Gasteiger partial charge in [0, 0.05) is 43.7 Å². The summed E-state index contributed by atoms with van der Waals surface area (Å²) < 4.78 is 25.1. The quantitative estimate of drug-likeness (QED) is 0.269. The van der Waals surface area contributed by atoms with Crippen molar-refractivity contribution in [2.75, 3.05) is 41.9 Å². The first kappa shape index (κ1) is 22.5. The molecular weight excluding hydrogens is 421 g/mol. The van der Waals surface area contributed by atoms with Crippen LogP contribution in [0.2, 0.25) is 0 Å². The minimum absolute atomic E-state index is 0.183. The van der Waals surface area contributed by atoms with Crippen molar-refractivity contribution in [1.82, 2.24) is 4.67 Å². The first-order valence-corrected chi connectivity index (χ1v) is 11.7. The van der Waals surface area contributed by atoms with E-state index in [9.17, 15) is 0 Å². The largest absolute Gasteiger partial charge is 0.466 e. The Hall–Kier alpha value is -2.69. The Kier molecular flexibility index (Phi) is 7.23. The molecule has 0 saturated carbocycles. The Morgan fingerprint density at radius 1 is 0.625 bits per heavy atom. The molecule has 4 aromatic carbocycles. The van der Waals surface area contributed by atoms with Gasteiger partial charge in [0.2, 0.25) is 0 Å². The highest BCUT2D eigenvalue weighted by Crippen LogP contribution is 2.45. The fourth-order valence-corrected chi connectivity index (χ4v) is 6.20. The molecule has 0 N–H and O–H groups in total. The van der Waals surface area contributed by atoms with E-state index in [0.29, 0.717) is 0 Å². The van der Waals surface area contributed by atoms with Gasteiger partial charge in [-0.1, -0.05) is 60.7 Å². The summed E-state index contributed by atoms with van der Waals surface area (Å²) in [5.74, 6) is 1.69. The fourth-order valence-electron chi connectivity index (χ4n) is 3.90. The number of ether oxygens (including phenoxy) is 4. The molecular formula is C26H28NO4P. The first-order valence-electron chi connectivity index (χ1n) is 10.4. The van der Waals surface area contributed by atoms with Crippen LogP contribution in [0.4, 0.5) is 0 Å². The SMILES string of the molecule is COCOc1c(P(c2ccc3ccccc3c2OCOC)N(C)C)ccc2ccccc12. The van der Waals surface area contributed by atoms with Crippen LogP contribution in [0.3, 0.4) is 0 Å². The topological polar surface area (TPSA) is 40.2 Å². The molecule has 0 unspecified atom stereocenters. The average molecular weight is 449 g/mol. The lowest BCUT2D eigenvalue weighted by atomic mass is 10.1. The van der Waals surface area contributed by atoms with Crippen LogP contribution < -0.4 is 20.1 Å². The van der Waals surface area contributed by atoms with E-state index in [1.807, 2.05) is 24.3 Å². The number of fused-ring (bicyclic) bond motifs is 2. The molecule has 0 radical (unpaired) electrons. The molecule has 0 spiro atoms. The van der Waals surface area contributed by atoms with Crippen molar-refractivity contribution < 1.29 is 18.9 Å². The summed E-state index contributed by atoms with van der Waals surface area (Å²) in [4.78, 5) is 0. The molecule has 0 heterocycles. The van der Waals surface area contributed by atoms with Gasteiger partial charge in [0.05, 0.1) is 0 Å². The van der Waals surface area contributed by atoms with Crippen molar-refractivity contribution >= 4 is 40.2 Å². The number of hydrogen-bond acceptors (Lipinski definition) is 5. The van der Waals surface area contributed by atoms with Crippen LogP contribution in [0.1, 0.15) is 0 Å². The maximum atomic E-state index is 6.16. The number of nitrogens with zero attached hydrogens (tertiary/aromatic N) is 1. The monoisotopic (exact) mass is 449 g/mol. The highest BCUT2D eigenvalue weighted by molar-refractivity contribution is 7.71. The molecule has 0 aromatic heterocycles. The normalized spacial score (nSPS) is 11.6. The smallest absolute Gasteiger partial charge is 0.188 e. The van der Waals surface area contributed by atoms with Crippen LogP contribution in [0.5, 0.6) is 11.5 Å². The lowest BCUT2D eigenvalue weighted by molar-refractivity contribution is 0.0529. The second-order valence-corrected chi connectivity index (χ2v) is 9.92. The Morgan fingerprint density at radius 2 is 1.06 bits per heavy atom. The fraction of sp³-hybridized carbons (Fsp3) is 0.231. The van der Waals surface area contributed by atoms with Gasteiger partial charge >= 0.3 is 0 Å². The molecule has 6 heteroatoms. The second kappa shape index (κ2) is 10.3. The van der Waals surface area contributed by atoms with E-state index in [1.54, 1.807) is 14.2 Å². The molecule has 0 aliphatic rings. The van der Waals surface area contributed by atoms with Crippen LogP contribution in [-0.2, 0) is 9.47 Å². The summed E-state index contributed by atoms with van der Waals surface area (Å²) in [6, 6.07) is 25.2. The van der Waals surface area contributed by atoms with E-state index in [4.69, 9.17) is 18.9 Å². The molecule has 5 nitrogen and oxygen atoms in total. The molecule has 0 amide bonds. The first-order chi connectivity index (χ1) is 15.7. The van der Waals surface area contributed by atoms with Gasteiger partial charge in [0.15, 0.2) is 13.6 Å². The predicted octanol–water partition coefficient (Wildman–Crippen LogP) is 4.87. The maximum Gasteiger partial charge on any atom is 0.188 e. The Labute approximate surface area is 190 Å². The number of benzene rings is 4. The lowest BCUT2D eigenvalue weighted by Crippen LogP contribution is -2.26. The molecule has 0 fully saturated rings. The average Bonchev–Trinajstić information content (AvgIpc) is 2.82. The molecule has 0 saturated heterocycles. The zero-order chi connectivity index (χ0) is 22.5. The van der Waals surface area contributed by atoms with Crippen LogP contribution in [-0.4, -0.2) is 46.6 Å². The minimum Gasteiger partial charge on any atom is -0.466 e. The summed E-state index contributed by atoms with van der Waals surface area (Å²) in [6.45, 7) is 0.366. The van der Waals surface area contributed by atoms with E-state index < -0.39 is 8.07 Å². The van der Waals surface area contributed by atoms with Gasteiger partial charge in [0.1, 0.15) is 11.5 Å². The highest BCUT2D eigenvalue weighted by atomic mass is 31.1. The summed E-state index contributed by atoms with van der Waals surface area (Å²) in [5.41, 5.74) is 0. The molecule has 166 valence electrons. The Bertz CT molecular complexity index is 1120. The number of hydrogen-bond donors (Lipinski definition) is 0. The highest BCUT2D eigenvalue weighted by Gasteiger charge is 2.26. The van der Waals surface area contributed by atoms with Crippen molar-refractivity contribution in [2.24, 2.45) is 0 Å². The molecule has 4 aromatic rings. The summed E-state index contributed by atoms with van der Waals surface area (Å²) in [7, 11) is 6.51. The van der Waals surface area contributed by atoms with E-state index >= 15 is 0 Å². The van der Waals surface area contributed by atoms with E-state index in [2.05, 4.69) is 67.3 Å². The minimum atomic E-state index is -0.959. The Balaban J connectivity index is 1.95. The summed E-state index contributed by atoms with van der Waals surface area (Å²) in [6.07, 6.45) is 0. The molecule has 0 aliphatic heterocycles. The van der Waals surface area contributed by atoms with Gasteiger partial charge in [-0.15, -0.1) is 0 Å². The van der Waals surface area contributed by atoms with Gasteiger partial charge in [0.25, 0.3) is 0 Å². The van der Waals surface area contributed by atoms with Gasteiger partial charge in [-0.25, -0.2) is 0 Å². The third-order valence-corrected chi connectivity index (χ3v) is 7.63. The van der Waals surface area contributed by atoms with Crippen molar-refractivity contribution in [3.63, 3.8) is 0 Å². The van der Waals surface area contributed by atoms with Crippen LogP contribution in [0.15, 0.2) is 72.8 Å². The third kappa shape index (κ3) is 4.43. The summed E-state index contributed by atoms with van der Waals surface area (Å²) >= 11 is 0. The van der Waals surface area contributed by atoms with Gasteiger partial charge in [-0.05, 0) is 37.0 Å². The van der Waals surface area contributed by atoms with Gasteiger partial charge in [-0.2, -0.15) is 0 Å².